The third kappa shape index (κ3) is 2.60. The Balaban J connectivity index is 2.44. The number of hydrogen-bond donors (Lipinski definition) is 2. The molecule has 5 heteroatoms. The molecule has 4 nitrogen and oxygen atoms in total. The zero-order chi connectivity index (χ0) is 13.1. The van der Waals surface area contributed by atoms with Gasteiger partial charge in [-0.25, -0.2) is 4.98 Å². The van der Waals surface area contributed by atoms with Gasteiger partial charge in [0.05, 0.1) is 16.8 Å². The summed E-state index contributed by atoms with van der Waals surface area (Å²) in [5.74, 6) is 0.511. The minimum atomic E-state index is -0.0883. The number of anilines is 1. The molecule has 0 aliphatic carbocycles. The number of nitrogens with one attached hydrogen (secondary N) is 1. The van der Waals surface area contributed by atoms with Crippen molar-refractivity contribution in [2.24, 2.45) is 0 Å². The lowest BCUT2D eigenvalue weighted by Crippen LogP contribution is -2.20. The number of nitrogen functional groups attached to an aromatic ring is 1. The van der Waals surface area contributed by atoms with E-state index in [4.69, 9.17) is 17.3 Å². The number of aryl methyl sites for hydroxylation is 1. The molecular formula is C13H15ClN4. The predicted molar refractivity (Wildman–Crippen MR) is 73.5 cm³/mol. The van der Waals surface area contributed by atoms with E-state index in [0.717, 1.165) is 16.8 Å². The van der Waals surface area contributed by atoms with Crippen LogP contribution < -0.4 is 11.1 Å². The van der Waals surface area contributed by atoms with Gasteiger partial charge >= 0.3 is 0 Å². The number of nitrogens with zero attached hydrogens (tertiary/aromatic N) is 2. The van der Waals surface area contributed by atoms with Crippen molar-refractivity contribution in [3.8, 4) is 0 Å². The number of halogens is 1. The second-order valence-corrected chi connectivity index (χ2v) is 4.55. The third-order valence-corrected chi connectivity index (χ3v) is 2.96. The standard InChI is InChI=1S/C13H15ClN4/c1-8-5-10(13(15)18-6-8)12(16-2)11-4-3-9(14)7-17-11/h3-7,12,16H,1-2H3,(H2,15,18). The summed E-state index contributed by atoms with van der Waals surface area (Å²) in [6.45, 7) is 1.98. The highest BCUT2D eigenvalue weighted by Gasteiger charge is 2.16. The quantitative estimate of drug-likeness (QED) is 0.891. The first-order chi connectivity index (χ1) is 8.61. The van der Waals surface area contributed by atoms with Crippen molar-refractivity contribution in [3.05, 3.63) is 52.4 Å². The molecule has 0 spiro atoms. The first kappa shape index (κ1) is 12.8. The van der Waals surface area contributed by atoms with E-state index in [0.29, 0.717) is 10.8 Å². The summed E-state index contributed by atoms with van der Waals surface area (Å²) in [7, 11) is 1.86. The van der Waals surface area contributed by atoms with Gasteiger partial charge in [-0.05, 0) is 37.7 Å². The first-order valence-electron chi connectivity index (χ1n) is 5.62. The fraction of sp³-hybridized carbons (Fsp3) is 0.231. The largest absolute Gasteiger partial charge is 0.383 e. The molecule has 1 atom stereocenters. The minimum Gasteiger partial charge on any atom is -0.383 e. The molecule has 0 aliphatic rings. The minimum absolute atomic E-state index is 0.0883. The highest BCUT2D eigenvalue weighted by atomic mass is 35.5. The number of hydrogen-bond acceptors (Lipinski definition) is 4. The Bertz CT molecular complexity index is 539. The van der Waals surface area contributed by atoms with Crippen LogP contribution in [0.25, 0.3) is 0 Å². The van der Waals surface area contributed by atoms with Crippen molar-refractivity contribution in [2.45, 2.75) is 13.0 Å². The molecule has 0 fully saturated rings. The van der Waals surface area contributed by atoms with Crippen LogP contribution in [0.1, 0.15) is 22.9 Å². The third-order valence-electron chi connectivity index (χ3n) is 2.73. The van der Waals surface area contributed by atoms with Crippen molar-refractivity contribution >= 4 is 17.4 Å². The molecule has 3 N–H and O–H groups in total. The molecule has 0 aromatic carbocycles. The fourth-order valence-electron chi connectivity index (χ4n) is 1.85. The van der Waals surface area contributed by atoms with Crippen LogP contribution in [-0.2, 0) is 0 Å². The van der Waals surface area contributed by atoms with Crippen molar-refractivity contribution in [2.75, 3.05) is 12.8 Å². The Labute approximate surface area is 111 Å². The van der Waals surface area contributed by atoms with Gasteiger partial charge in [-0.3, -0.25) is 4.98 Å². The lowest BCUT2D eigenvalue weighted by atomic mass is 10.0. The fourth-order valence-corrected chi connectivity index (χ4v) is 1.97. The number of pyridine rings is 2. The van der Waals surface area contributed by atoms with E-state index in [-0.39, 0.29) is 6.04 Å². The number of nitrogens with two attached hydrogens (primary N) is 1. The zero-order valence-electron chi connectivity index (χ0n) is 10.3. The summed E-state index contributed by atoms with van der Waals surface area (Å²) in [6.07, 6.45) is 3.38. The maximum absolute atomic E-state index is 5.93. The molecule has 2 rings (SSSR count). The van der Waals surface area contributed by atoms with E-state index < -0.39 is 0 Å². The summed E-state index contributed by atoms with van der Waals surface area (Å²) in [5, 5.41) is 3.81. The van der Waals surface area contributed by atoms with Crippen LogP contribution >= 0.6 is 11.6 Å². The molecule has 0 bridgehead atoms. The summed E-state index contributed by atoms with van der Waals surface area (Å²) in [6, 6.07) is 5.62. The first-order valence-corrected chi connectivity index (χ1v) is 6.00. The zero-order valence-corrected chi connectivity index (χ0v) is 11.1. The highest BCUT2D eigenvalue weighted by Crippen LogP contribution is 2.25. The Morgan fingerprint density at radius 3 is 2.67 bits per heavy atom. The summed E-state index contributed by atoms with van der Waals surface area (Å²) in [4.78, 5) is 8.49. The van der Waals surface area contributed by atoms with Crippen LogP contribution in [0.4, 0.5) is 5.82 Å². The monoisotopic (exact) mass is 262 g/mol. The van der Waals surface area contributed by atoms with E-state index in [2.05, 4.69) is 15.3 Å². The average molecular weight is 263 g/mol. The van der Waals surface area contributed by atoms with Crippen LogP contribution in [0, 0.1) is 6.92 Å². The van der Waals surface area contributed by atoms with Gasteiger partial charge in [-0.2, -0.15) is 0 Å². The normalized spacial score (nSPS) is 12.4. The van der Waals surface area contributed by atoms with Crippen LogP contribution in [0.2, 0.25) is 5.02 Å². The van der Waals surface area contributed by atoms with Gasteiger partial charge in [0, 0.05) is 18.0 Å². The van der Waals surface area contributed by atoms with E-state index >= 15 is 0 Å². The second-order valence-electron chi connectivity index (χ2n) is 4.11. The molecule has 0 radical (unpaired) electrons. The van der Waals surface area contributed by atoms with Crippen LogP contribution in [0.3, 0.4) is 0 Å². The van der Waals surface area contributed by atoms with Crippen LogP contribution in [0.15, 0.2) is 30.6 Å². The Morgan fingerprint density at radius 2 is 2.06 bits per heavy atom. The molecule has 2 aromatic heterocycles. The molecule has 0 saturated heterocycles. The van der Waals surface area contributed by atoms with Gasteiger partial charge in [0.2, 0.25) is 0 Å². The van der Waals surface area contributed by atoms with Gasteiger partial charge < -0.3 is 11.1 Å². The molecule has 0 amide bonds. The SMILES string of the molecule is CNC(c1ccc(Cl)cn1)c1cc(C)cnc1N. The van der Waals surface area contributed by atoms with Crippen molar-refractivity contribution in [1.29, 1.82) is 0 Å². The molecule has 94 valence electrons. The smallest absolute Gasteiger partial charge is 0.128 e. The Hall–Kier alpha value is -1.65. The van der Waals surface area contributed by atoms with Crippen molar-refractivity contribution in [1.82, 2.24) is 15.3 Å². The number of aromatic nitrogens is 2. The van der Waals surface area contributed by atoms with E-state index in [1.54, 1.807) is 12.4 Å². The van der Waals surface area contributed by atoms with Gasteiger partial charge in [0.15, 0.2) is 0 Å². The Kier molecular flexibility index (Phi) is 3.79. The molecule has 18 heavy (non-hydrogen) atoms. The van der Waals surface area contributed by atoms with E-state index in [9.17, 15) is 0 Å². The molecular weight excluding hydrogens is 248 g/mol. The van der Waals surface area contributed by atoms with Crippen molar-refractivity contribution in [3.63, 3.8) is 0 Å². The lowest BCUT2D eigenvalue weighted by molar-refractivity contribution is 0.670. The molecule has 0 saturated carbocycles. The van der Waals surface area contributed by atoms with Crippen LogP contribution in [0.5, 0.6) is 0 Å². The predicted octanol–water partition coefficient (Wildman–Crippen LogP) is 2.33. The summed E-state index contributed by atoms with van der Waals surface area (Å²) >= 11 is 5.84. The highest BCUT2D eigenvalue weighted by molar-refractivity contribution is 6.30. The molecule has 0 aliphatic heterocycles. The molecule has 2 heterocycles. The number of rotatable bonds is 3. The summed E-state index contributed by atoms with van der Waals surface area (Å²) < 4.78 is 0. The van der Waals surface area contributed by atoms with E-state index in [1.165, 1.54) is 0 Å². The second kappa shape index (κ2) is 5.33. The average Bonchev–Trinajstić information content (AvgIpc) is 2.37. The topological polar surface area (TPSA) is 63.8 Å². The molecule has 1 unspecified atom stereocenters. The summed E-state index contributed by atoms with van der Waals surface area (Å²) in [5.41, 5.74) is 8.78. The van der Waals surface area contributed by atoms with Gasteiger partial charge in [0.1, 0.15) is 5.82 Å². The van der Waals surface area contributed by atoms with Gasteiger partial charge in [-0.1, -0.05) is 11.6 Å². The lowest BCUT2D eigenvalue weighted by Gasteiger charge is -2.18. The Morgan fingerprint density at radius 1 is 1.28 bits per heavy atom. The maximum Gasteiger partial charge on any atom is 0.128 e. The van der Waals surface area contributed by atoms with Crippen LogP contribution in [-0.4, -0.2) is 17.0 Å². The van der Waals surface area contributed by atoms with Gasteiger partial charge in [-0.15, -0.1) is 0 Å². The maximum atomic E-state index is 5.93. The van der Waals surface area contributed by atoms with Gasteiger partial charge in [0.25, 0.3) is 0 Å². The van der Waals surface area contributed by atoms with Crippen molar-refractivity contribution < 1.29 is 0 Å². The van der Waals surface area contributed by atoms with E-state index in [1.807, 2.05) is 32.2 Å². The molecule has 2 aromatic rings.